The van der Waals surface area contributed by atoms with E-state index in [0.717, 1.165) is 22.3 Å². The van der Waals surface area contributed by atoms with Crippen LogP contribution in [0.1, 0.15) is 63.7 Å². The number of fused-ring (bicyclic) bond motifs is 10. The summed E-state index contributed by atoms with van der Waals surface area (Å²) >= 11 is 23.5. The van der Waals surface area contributed by atoms with E-state index in [4.69, 9.17) is 46.4 Å². The Balaban J connectivity index is 1.85. The second kappa shape index (κ2) is 8.37. The van der Waals surface area contributed by atoms with Gasteiger partial charge in [-0.1, -0.05) is 24.3 Å². The van der Waals surface area contributed by atoms with Gasteiger partial charge in [-0.25, -0.2) is 0 Å². The monoisotopic (exact) mass is 564 g/mol. The Morgan fingerprint density at radius 3 is 0.811 bits per heavy atom. The van der Waals surface area contributed by atoms with Crippen LogP contribution in [-0.4, -0.2) is 21.0 Å². The molecule has 0 unspecified atom stereocenters. The van der Waals surface area contributed by atoms with Gasteiger partial charge in [0.15, 0.2) is 0 Å². The Hall–Kier alpha value is -3.28. The van der Waals surface area contributed by atoms with Crippen LogP contribution in [0.4, 0.5) is 0 Å². The van der Waals surface area contributed by atoms with E-state index in [1.54, 1.807) is 72.8 Å². The number of halogens is 4. The third-order valence-electron chi connectivity index (χ3n) is 7.18. The quantitative estimate of drug-likeness (QED) is 0.207. The number of hydrogen-bond donors (Lipinski definition) is 0. The Bertz CT molecular complexity index is 1500. The van der Waals surface area contributed by atoms with Crippen LogP contribution in [0.3, 0.4) is 0 Å². The first-order valence-corrected chi connectivity index (χ1v) is 12.5. The largest absolute Gasteiger partial charge is 0.276 e. The molecule has 0 saturated heterocycles. The summed E-state index contributed by atoms with van der Waals surface area (Å²) in [5.74, 6) is 0. The first-order chi connectivity index (χ1) is 17.6. The van der Waals surface area contributed by atoms with Crippen molar-refractivity contribution in [1.29, 1.82) is 0 Å². The molecule has 0 aromatic heterocycles. The number of benzene rings is 4. The summed E-state index contributed by atoms with van der Waals surface area (Å²) in [4.78, 5) is 48.9. The van der Waals surface area contributed by atoms with Crippen LogP contribution < -0.4 is 0 Å². The number of rotatable bonds is 4. The SMILES string of the molecule is O=C(Cl)c1ccc2c(c1)C1(c3cc(C(=O)Cl)ccc3-2)c2cc(C(=O)Cl)ccc2-c2ccc(C(=O)Cl)cc21. The average Bonchev–Trinajstić information content (AvgIpc) is 3.33. The summed E-state index contributed by atoms with van der Waals surface area (Å²) < 4.78 is 0. The van der Waals surface area contributed by atoms with Crippen molar-refractivity contribution in [2.75, 3.05) is 0 Å². The molecule has 4 aromatic carbocycles. The molecule has 4 nitrogen and oxygen atoms in total. The number of hydrogen-bond acceptors (Lipinski definition) is 4. The Labute approximate surface area is 230 Å². The molecule has 0 N–H and O–H groups in total. The molecule has 0 bridgehead atoms. The molecule has 0 fully saturated rings. The van der Waals surface area contributed by atoms with E-state index in [1.165, 1.54) is 0 Å². The molecule has 0 saturated carbocycles. The number of carbonyl (C=O) groups excluding carboxylic acids is 4. The van der Waals surface area contributed by atoms with E-state index >= 15 is 0 Å². The van der Waals surface area contributed by atoms with Gasteiger partial charge in [0, 0.05) is 22.3 Å². The fourth-order valence-electron chi connectivity index (χ4n) is 5.72. The highest BCUT2D eigenvalue weighted by Crippen LogP contribution is 2.63. The van der Waals surface area contributed by atoms with E-state index < -0.39 is 26.4 Å². The lowest BCUT2D eigenvalue weighted by atomic mass is 9.69. The van der Waals surface area contributed by atoms with Crippen molar-refractivity contribution in [2.24, 2.45) is 0 Å². The normalized spacial score (nSPS) is 13.5. The van der Waals surface area contributed by atoms with Crippen LogP contribution in [0.15, 0.2) is 72.8 Å². The lowest BCUT2D eigenvalue weighted by Crippen LogP contribution is -2.27. The van der Waals surface area contributed by atoms with Gasteiger partial charge in [-0.2, -0.15) is 0 Å². The molecule has 180 valence electrons. The first-order valence-electron chi connectivity index (χ1n) is 11.0. The van der Waals surface area contributed by atoms with E-state index in [-0.39, 0.29) is 22.3 Å². The van der Waals surface area contributed by atoms with Crippen LogP contribution in [-0.2, 0) is 5.41 Å². The molecule has 37 heavy (non-hydrogen) atoms. The molecule has 1 spiro atoms. The van der Waals surface area contributed by atoms with Crippen LogP contribution >= 0.6 is 46.4 Å². The molecule has 6 rings (SSSR count). The van der Waals surface area contributed by atoms with Crippen molar-refractivity contribution in [1.82, 2.24) is 0 Å². The summed E-state index contributed by atoms with van der Waals surface area (Å²) in [6.07, 6.45) is 0. The Morgan fingerprint density at radius 2 is 0.622 bits per heavy atom. The fourth-order valence-corrected chi connectivity index (χ4v) is 6.19. The van der Waals surface area contributed by atoms with Gasteiger partial charge >= 0.3 is 0 Å². The van der Waals surface area contributed by atoms with Gasteiger partial charge in [0.2, 0.25) is 0 Å². The molecule has 4 aromatic rings. The lowest BCUT2D eigenvalue weighted by Gasteiger charge is -2.31. The summed E-state index contributed by atoms with van der Waals surface area (Å²) in [5.41, 5.74) is 5.96. The topological polar surface area (TPSA) is 68.3 Å². The van der Waals surface area contributed by atoms with Gasteiger partial charge < -0.3 is 0 Å². The highest BCUT2D eigenvalue weighted by atomic mass is 35.5. The summed E-state index contributed by atoms with van der Waals surface area (Å²) in [6.45, 7) is 0. The van der Waals surface area contributed by atoms with Crippen LogP contribution in [0.5, 0.6) is 0 Å². The minimum atomic E-state index is -1.12. The van der Waals surface area contributed by atoms with Crippen molar-refractivity contribution >= 4 is 67.4 Å². The van der Waals surface area contributed by atoms with E-state index in [1.807, 2.05) is 0 Å². The highest BCUT2D eigenvalue weighted by Gasteiger charge is 2.52. The molecule has 2 aliphatic rings. The number of carbonyl (C=O) groups is 4. The highest BCUT2D eigenvalue weighted by molar-refractivity contribution is 6.68. The van der Waals surface area contributed by atoms with Gasteiger partial charge in [0.05, 0.1) is 5.41 Å². The maximum absolute atomic E-state index is 12.2. The molecular weight excluding hydrogens is 554 g/mol. The second-order valence-electron chi connectivity index (χ2n) is 8.89. The third kappa shape index (κ3) is 3.30. The van der Waals surface area contributed by atoms with Crippen LogP contribution in [0.2, 0.25) is 0 Å². The smallest absolute Gasteiger partial charge is 0.252 e. The molecule has 0 aliphatic heterocycles. The molecule has 0 heterocycles. The van der Waals surface area contributed by atoms with Gasteiger partial charge in [-0.3, -0.25) is 19.2 Å². The van der Waals surface area contributed by atoms with Crippen molar-refractivity contribution in [3.8, 4) is 22.3 Å². The van der Waals surface area contributed by atoms with E-state index in [2.05, 4.69) is 0 Å². The minimum absolute atomic E-state index is 0.269. The van der Waals surface area contributed by atoms with Crippen LogP contribution in [0, 0.1) is 0 Å². The minimum Gasteiger partial charge on any atom is -0.276 e. The molecule has 8 heteroatoms. The second-order valence-corrected chi connectivity index (χ2v) is 10.3. The zero-order valence-corrected chi connectivity index (χ0v) is 21.6. The molecule has 2 aliphatic carbocycles. The van der Waals surface area contributed by atoms with E-state index in [9.17, 15) is 19.2 Å². The van der Waals surface area contributed by atoms with Gasteiger partial charge in [-0.05, 0) is 139 Å². The lowest BCUT2D eigenvalue weighted by molar-refractivity contribution is 0.107. The van der Waals surface area contributed by atoms with Crippen molar-refractivity contribution in [3.63, 3.8) is 0 Å². The molecule has 0 atom stereocenters. The standard InChI is InChI=1S/C29H12Cl4O4/c30-25(34)13-1-5-17-18-6-2-14(26(31)35)10-22(18)29(21(17)9-13)23-11-15(27(32)36)3-7-19(23)20-8-4-16(28(33)37)12-24(20)29/h1-12H. The summed E-state index contributed by atoms with van der Waals surface area (Å²) in [6, 6.07) is 20.5. The molecule has 0 amide bonds. The maximum Gasteiger partial charge on any atom is 0.252 e. The molecule has 0 radical (unpaired) electrons. The predicted molar refractivity (Wildman–Crippen MR) is 143 cm³/mol. The fraction of sp³-hybridized carbons (Fsp3) is 0.0345. The zero-order chi connectivity index (χ0) is 26.2. The Kier molecular flexibility index (Phi) is 5.45. The van der Waals surface area contributed by atoms with Crippen molar-refractivity contribution < 1.29 is 19.2 Å². The van der Waals surface area contributed by atoms with E-state index in [0.29, 0.717) is 22.3 Å². The Morgan fingerprint density at radius 1 is 0.405 bits per heavy atom. The summed E-state index contributed by atoms with van der Waals surface area (Å²) in [5, 5.41) is -2.56. The van der Waals surface area contributed by atoms with Gasteiger partial charge in [0.25, 0.3) is 21.0 Å². The van der Waals surface area contributed by atoms with Gasteiger partial charge in [0.1, 0.15) is 0 Å². The van der Waals surface area contributed by atoms with Gasteiger partial charge in [-0.15, -0.1) is 0 Å². The summed E-state index contributed by atoms with van der Waals surface area (Å²) in [7, 11) is 0. The first kappa shape index (κ1) is 24.1. The van der Waals surface area contributed by atoms with Crippen molar-refractivity contribution in [3.05, 3.63) is 117 Å². The zero-order valence-electron chi connectivity index (χ0n) is 18.6. The van der Waals surface area contributed by atoms with Crippen LogP contribution in [0.25, 0.3) is 22.3 Å². The maximum atomic E-state index is 12.2. The third-order valence-corrected chi connectivity index (χ3v) is 8.06. The predicted octanol–water partition coefficient (Wildman–Crippen LogP) is 7.55. The average molecular weight is 566 g/mol. The molecular formula is C29H12Cl4O4. The van der Waals surface area contributed by atoms with Crippen molar-refractivity contribution in [2.45, 2.75) is 5.41 Å².